The molecule has 3 aromatic rings. The van der Waals surface area contributed by atoms with E-state index in [4.69, 9.17) is 28.3 Å². The Morgan fingerprint density at radius 2 is 2.00 bits per heavy atom. The zero-order chi connectivity index (χ0) is 22.7. The lowest BCUT2D eigenvalue weighted by atomic mass is 10.3. The first-order chi connectivity index (χ1) is 15.4. The van der Waals surface area contributed by atoms with E-state index >= 15 is 0 Å². The Bertz CT molecular complexity index is 1040. The number of aliphatic hydroxyl groups is 2. The largest absolute Gasteiger partial charge is 0.395 e. The standard InChI is InChI=1S/C19H23Cl2N7O2S2/c1-11-23-14(8-15(24-11)28-4-2-27(3-5-28)6-7-29)25-19-22-9-13(32-19)18(30)26-16-12(20)10-31-17(16)21/h8-10,18,26,29-30H,2-7H2,1H3,(H,22,23,24,25). The molecule has 0 bridgehead atoms. The van der Waals surface area contributed by atoms with Crippen molar-refractivity contribution in [3.63, 3.8) is 0 Å². The lowest BCUT2D eigenvalue weighted by Crippen LogP contribution is -2.47. The number of nitrogens with zero attached hydrogens (tertiary/aromatic N) is 5. The normalized spacial score (nSPS) is 15.7. The number of aromatic nitrogens is 3. The van der Waals surface area contributed by atoms with Gasteiger partial charge in [0, 0.05) is 50.4 Å². The summed E-state index contributed by atoms with van der Waals surface area (Å²) in [5, 5.41) is 28.5. The second-order valence-electron chi connectivity index (χ2n) is 7.18. The Hall–Kier alpha value is -1.73. The molecule has 0 spiro atoms. The Morgan fingerprint density at radius 1 is 1.22 bits per heavy atom. The van der Waals surface area contributed by atoms with E-state index in [1.165, 1.54) is 22.7 Å². The molecular formula is C19H23Cl2N7O2S2. The Morgan fingerprint density at radius 3 is 2.69 bits per heavy atom. The molecule has 172 valence electrons. The number of nitrogens with one attached hydrogen (secondary N) is 2. The maximum atomic E-state index is 10.5. The molecule has 0 aliphatic carbocycles. The quantitative estimate of drug-likeness (QED) is 0.334. The number of rotatable bonds is 8. The fraction of sp³-hybridized carbons (Fsp3) is 0.421. The van der Waals surface area contributed by atoms with E-state index in [0.717, 1.165) is 32.0 Å². The van der Waals surface area contributed by atoms with Gasteiger partial charge in [0.25, 0.3) is 0 Å². The SMILES string of the molecule is Cc1nc(Nc2ncc(C(O)Nc3c(Cl)csc3Cl)s2)cc(N2CCN(CCO)CC2)n1. The highest BCUT2D eigenvalue weighted by Gasteiger charge is 2.20. The molecular weight excluding hydrogens is 493 g/mol. The predicted molar refractivity (Wildman–Crippen MR) is 131 cm³/mol. The van der Waals surface area contributed by atoms with Crippen LogP contribution in [-0.2, 0) is 0 Å². The van der Waals surface area contributed by atoms with Gasteiger partial charge in [0.15, 0.2) is 11.4 Å². The molecule has 4 heterocycles. The summed E-state index contributed by atoms with van der Waals surface area (Å²) in [4.78, 5) is 18.4. The van der Waals surface area contributed by atoms with Crippen molar-refractivity contribution in [1.29, 1.82) is 0 Å². The van der Waals surface area contributed by atoms with Crippen LogP contribution in [0.2, 0.25) is 9.36 Å². The van der Waals surface area contributed by atoms with E-state index in [2.05, 4.69) is 35.4 Å². The molecule has 13 heteroatoms. The van der Waals surface area contributed by atoms with Gasteiger partial charge in [-0.1, -0.05) is 34.5 Å². The van der Waals surface area contributed by atoms with Crippen molar-refractivity contribution >= 4 is 68.3 Å². The van der Waals surface area contributed by atoms with Crippen LogP contribution in [0.4, 0.5) is 22.5 Å². The minimum Gasteiger partial charge on any atom is -0.395 e. The number of aryl methyl sites for hydroxylation is 1. The first-order valence-electron chi connectivity index (χ1n) is 9.96. The number of anilines is 4. The molecule has 1 saturated heterocycles. The van der Waals surface area contributed by atoms with Crippen molar-refractivity contribution in [2.24, 2.45) is 0 Å². The van der Waals surface area contributed by atoms with Gasteiger partial charge in [-0.25, -0.2) is 15.0 Å². The topological polar surface area (TPSA) is 110 Å². The number of aliphatic hydroxyl groups excluding tert-OH is 2. The van der Waals surface area contributed by atoms with Crippen molar-refractivity contribution in [1.82, 2.24) is 19.9 Å². The summed E-state index contributed by atoms with van der Waals surface area (Å²) in [6.07, 6.45) is 0.597. The fourth-order valence-electron chi connectivity index (χ4n) is 3.35. The third-order valence-electron chi connectivity index (χ3n) is 4.95. The van der Waals surface area contributed by atoms with E-state index in [-0.39, 0.29) is 6.61 Å². The van der Waals surface area contributed by atoms with Crippen molar-refractivity contribution < 1.29 is 10.2 Å². The highest BCUT2D eigenvalue weighted by Crippen LogP contribution is 2.39. The maximum Gasteiger partial charge on any atom is 0.188 e. The Kier molecular flexibility index (Phi) is 7.66. The number of hydrogen-bond donors (Lipinski definition) is 4. The molecule has 0 aromatic carbocycles. The molecule has 1 atom stereocenters. The molecule has 3 aromatic heterocycles. The maximum absolute atomic E-state index is 10.5. The Labute approximate surface area is 203 Å². The molecule has 0 radical (unpaired) electrons. The van der Waals surface area contributed by atoms with E-state index in [1.807, 2.05) is 13.0 Å². The van der Waals surface area contributed by atoms with E-state index in [1.54, 1.807) is 11.6 Å². The van der Waals surface area contributed by atoms with Gasteiger partial charge in [0.1, 0.15) is 21.8 Å². The number of halogens is 2. The summed E-state index contributed by atoms with van der Waals surface area (Å²) in [5.41, 5.74) is 0.504. The van der Waals surface area contributed by atoms with Crippen LogP contribution in [0.15, 0.2) is 17.6 Å². The van der Waals surface area contributed by atoms with E-state index in [9.17, 15) is 5.11 Å². The van der Waals surface area contributed by atoms with Gasteiger partial charge in [0.05, 0.1) is 22.2 Å². The third-order valence-corrected chi connectivity index (χ3v) is 7.56. The first-order valence-corrected chi connectivity index (χ1v) is 12.4. The summed E-state index contributed by atoms with van der Waals surface area (Å²) in [5.74, 6) is 2.14. The number of hydrogen-bond acceptors (Lipinski definition) is 11. The van der Waals surface area contributed by atoms with Crippen molar-refractivity contribution in [2.45, 2.75) is 13.2 Å². The van der Waals surface area contributed by atoms with Gasteiger partial charge in [-0.15, -0.1) is 11.3 Å². The minimum absolute atomic E-state index is 0.175. The van der Waals surface area contributed by atoms with E-state index in [0.29, 0.717) is 43.2 Å². The summed E-state index contributed by atoms with van der Waals surface area (Å²) in [6, 6.07) is 1.90. The average Bonchev–Trinajstić information content (AvgIpc) is 3.36. The lowest BCUT2D eigenvalue weighted by molar-refractivity contribution is 0.188. The average molecular weight is 516 g/mol. The van der Waals surface area contributed by atoms with Gasteiger partial charge in [0.2, 0.25) is 0 Å². The second kappa shape index (κ2) is 10.5. The van der Waals surface area contributed by atoms with Gasteiger partial charge in [-0.3, -0.25) is 4.90 Å². The van der Waals surface area contributed by atoms with Gasteiger partial charge in [-0.2, -0.15) is 0 Å². The summed E-state index contributed by atoms with van der Waals surface area (Å²) in [6.45, 7) is 6.16. The minimum atomic E-state index is -0.995. The molecule has 4 N–H and O–H groups in total. The Balaban J connectivity index is 1.42. The van der Waals surface area contributed by atoms with Crippen LogP contribution in [0, 0.1) is 6.92 Å². The lowest BCUT2D eigenvalue weighted by Gasteiger charge is -2.35. The molecule has 1 aliphatic heterocycles. The van der Waals surface area contributed by atoms with E-state index < -0.39 is 6.23 Å². The molecule has 9 nitrogen and oxygen atoms in total. The summed E-state index contributed by atoms with van der Waals surface area (Å²) >= 11 is 14.8. The zero-order valence-corrected chi connectivity index (χ0v) is 20.4. The molecule has 4 rings (SSSR count). The van der Waals surface area contributed by atoms with Crippen molar-refractivity contribution in [2.75, 3.05) is 54.9 Å². The summed E-state index contributed by atoms with van der Waals surface area (Å²) in [7, 11) is 0. The number of β-amino-alcohol motifs (C(OH)–C–C–N with tert-alkyl or cyclic N) is 1. The molecule has 1 unspecified atom stereocenters. The van der Waals surface area contributed by atoms with Crippen LogP contribution < -0.4 is 15.5 Å². The molecule has 32 heavy (non-hydrogen) atoms. The first kappa shape index (κ1) is 23.4. The van der Waals surface area contributed by atoms with Crippen LogP contribution in [0.3, 0.4) is 0 Å². The summed E-state index contributed by atoms with van der Waals surface area (Å²) < 4.78 is 0.484. The molecule has 0 amide bonds. The van der Waals surface area contributed by atoms with Crippen molar-refractivity contribution in [3.05, 3.63) is 37.7 Å². The van der Waals surface area contributed by atoms with Gasteiger partial charge in [-0.05, 0) is 6.92 Å². The zero-order valence-electron chi connectivity index (χ0n) is 17.3. The smallest absolute Gasteiger partial charge is 0.188 e. The highest BCUT2D eigenvalue weighted by molar-refractivity contribution is 7.16. The molecule has 0 saturated carbocycles. The van der Waals surface area contributed by atoms with Crippen LogP contribution >= 0.6 is 45.9 Å². The van der Waals surface area contributed by atoms with Gasteiger partial charge >= 0.3 is 0 Å². The van der Waals surface area contributed by atoms with Gasteiger partial charge < -0.3 is 25.7 Å². The highest BCUT2D eigenvalue weighted by atomic mass is 35.5. The monoisotopic (exact) mass is 515 g/mol. The van der Waals surface area contributed by atoms with Crippen molar-refractivity contribution in [3.8, 4) is 0 Å². The molecule has 1 aliphatic rings. The fourth-order valence-corrected chi connectivity index (χ4v) is 5.40. The number of piperazine rings is 1. The second-order valence-corrected chi connectivity index (χ2v) is 10.1. The van der Waals surface area contributed by atoms with Crippen LogP contribution in [-0.4, -0.2) is 69.4 Å². The van der Waals surface area contributed by atoms with Crippen LogP contribution in [0.1, 0.15) is 16.9 Å². The molecule has 1 fully saturated rings. The number of thiazole rings is 1. The van der Waals surface area contributed by atoms with Crippen LogP contribution in [0.5, 0.6) is 0 Å². The number of thiophene rings is 1. The predicted octanol–water partition coefficient (Wildman–Crippen LogP) is 3.57. The van der Waals surface area contributed by atoms with Crippen LogP contribution in [0.25, 0.3) is 0 Å². The third kappa shape index (κ3) is 5.60.